The Morgan fingerprint density at radius 1 is 1.40 bits per heavy atom. The number of piperidine rings is 1. The second-order valence-electron chi connectivity index (χ2n) is 6.16. The number of carbonyl (C=O) groups excluding carboxylic acids is 1. The van der Waals surface area contributed by atoms with Gasteiger partial charge in [-0.1, -0.05) is 0 Å². The maximum atomic E-state index is 12.6. The van der Waals surface area contributed by atoms with Gasteiger partial charge < -0.3 is 24.7 Å². The Kier molecular flexibility index (Phi) is 5.35. The van der Waals surface area contributed by atoms with E-state index in [0.29, 0.717) is 17.9 Å². The summed E-state index contributed by atoms with van der Waals surface area (Å²) < 4.78 is 12.8. The highest BCUT2D eigenvalue weighted by atomic mass is 16.5. The lowest BCUT2D eigenvalue weighted by molar-refractivity contribution is 0.0448. The molecule has 1 aliphatic heterocycles. The third-order valence-corrected chi connectivity index (χ3v) is 4.47. The van der Waals surface area contributed by atoms with Crippen molar-refractivity contribution in [1.29, 1.82) is 0 Å². The van der Waals surface area contributed by atoms with E-state index in [0.717, 1.165) is 24.3 Å². The number of nitrogens with one attached hydrogen (secondary N) is 2. The molecule has 0 spiro atoms. The highest BCUT2D eigenvalue weighted by Crippen LogP contribution is 2.24. The molecule has 0 aliphatic carbocycles. The number of ether oxygens (including phenoxy) is 2. The topological polar surface area (TPSA) is 77.4 Å². The van der Waals surface area contributed by atoms with E-state index in [2.05, 4.69) is 15.6 Å². The van der Waals surface area contributed by atoms with Gasteiger partial charge in [0.05, 0.1) is 37.0 Å². The van der Waals surface area contributed by atoms with E-state index >= 15 is 0 Å². The molecule has 1 aliphatic rings. The van der Waals surface area contributed by atoms with Crippen LogP contribution in [0.2, 0.25) is 0 Å². The van der Waals surface area contributed by atoms with Gasteiger partial charge >= 0.3 is 0 Å². The average Bonchev–Trinajstić information content (AvgIpc) is 3.07. The Labute approximate surface area is 147 Å². The number of nitrogens with zero attached hydrogens (tertiary/aromatic N) is 2. The molecule has 2 unspecified atom stereocenters. The molecular weight excluding hydrogens is 320 g/mol. The van der Waals surface area contributed by atoms with Crippen LogP contribution in [0.3, 0.4) is 0 Å². The Bertz CT molecular complexity index is 744. The molecule has 2 aromatic rings. The molecule has 25 heavy (non-hydrogen) atoms. The van der Waals surface area contributed by atoms with Crippen LogP contribution >= 0.6 is 0 Å². The highest BCUT2D eigenvalue weighted by Gasteiger charge is 2.26. The fourth-order valence-corrected chi connectivity index (χ4v) is 3.10. The quantitative estimate of drug-likeness (QED) is 0.855. The van der Waals surface area contributed by atoms with Gasteiger partial charge in [-0.15, -0.1) is 0 Å². The van der Waals surface area contributed by atoms with Crippen molar-refractivity contribution in [3.8, 4) is 11.4 Å². The minimum atomic E-state index is -0.137. The monoisotopic (exact) mass is 344 g/mol. The first-order chi connectivity index (χ1) is 12.1. The SMILES string of the molecule is COc1cc(C(=O)NC2CNCCC2OC)ccc1-n1cnc(C)c1. The normalized spacial score (nSPS) is 20.3. The van der Waals surface area contributed by atoms with Crippen LogP contribution in [0.1, 0.15) is 22.5 Å². The number of rotatable bonds is 5. The van der Waals surface area contributed by atoms with Crippen LogP contribution < -0.4 is 15.4 Å². The maximum absolute atomic E-state index is 12.6. The van der Waals surface area contributed by atoms with Gasteiger partial charge in [-0.3, -0.25) is 4.79 Å². The van der Waals surface area contributed by atoms with Crippen molar-refractivity contribution >= 4 is 5.91 Å². The summed E-state index contributed by atoms with van der Waals surface area (Å²) in [5.41, 5.74) is 2.31. The van der Waals surface area contributed by atoms with Crippen molar-refractivity contribution in [2.75, 3.05) is 27.3 Å². The van der Waals surface area contributed by atoms with E-state index in [1.165, 1.54) is 0 Å². The summed E-state index contributed by atoms with van der Waals surface area (Å²) in [5, 5.41) is 6.33. The molecule has 2 atom stereocenters. The van der Waals surface area contributed by atoms with E-state index in [4.69, 9.17) is 9.47 Å². The molecule has 1 amide bonds. The first kappa shape index (κ1) is 17.4. The number of methoxy groups -OCH3 is 2. The summed E-state index contributed by atoms with van der Waals surface area (Å²) in [6, 6.07) is 5.36. The number of amides is 1. The van der Waals surface area contributed by atoms with Crippen molar-refractivity contribution in [2.45, 2.75) is 25.5 Å². The van der Waals surface area contributed by atoms with Crippen LogP contribution in [0, 0.1) is 6.92 Å². The lowest BCUT2D eigenvalue weighted by atomic mass is 10.0. The van der Waals surface area contributed by atoms with Gasteiger partial charge in [-0.25, -0.2) is 4.98 Å². The first-order valence-electron chi connectivity index (χ1n) is 8.35. The average molecular weight is 344 g/mol. The molecule has 1 saturated heterocycles. The lowest BCUT2D eigenvalue weighted by Gasteiger charge is -2.31. The summed E-state index contributed by atoms with van der Waals surface area (Å²) in [4.78, 5) is 16.9. The molecule has 2 N–H and O–H groups in total. The molecule has 0 saturated carbocycles. The molecule has 1 aromatic carbocycles. The zero-order valence-corrected chi connectivity index (χ0v) is 14.8. The molecule has 0 radical (unpaired) electrons. The number of hydrogen-bond acceptors (Lipinski definition) is 5. The molecule has 2 heterocycles. The van der Waals surface area contributed by atoms with E-state index in [9.17, 15) is 4.79 Å². The number of hydrogen-bond donors (Lipinski definition) is 2. The number of carbonyl (C=O) groups is 1. The van der Waals surface area contributed by atoms with Crippen LogP contribution in [0.4, 0.5) is 0 Å². The Hall–Kier alpha value is -2.38. The number of aryl methyl sites for hydroxylation is 1. The van der Waals surface area contributed by atoms with Crippen LogP contribution in [0.5, 0.6) is 5.75 Å². The van der Waals surface area contributed by atoms with Crippen LogP contribution in [-0.4, -0.2) is 54.9 Å². The highest BCUT2D eigenvalue weighted by molar-refractivity contribution is 5.95. The van der Waals surface area contributed by atoms with Crippen molar-refractivity contribution in [3.63, 3.8) is 0 Å². The summed E-state index contributed by atoms with van der Waals surface area (Å²) in [5.74, 6) is 0.484. The van der Waals surface area contributed by atoms with Gasteiger partial charge in [0.1, 0.15) is 5.75 Å². The third-order valence-electron chi connectivity index (χ3n) is 4.47. The van der Waals surface area contributed by atoms with E-state index < -0.39 is 0 Å². The molecule has 3 rings (SSSR count). The lowest BCUT2D eigenvalue weighted by Crippen LogP contribution is -2.54. The van der Waals surface area contributed by atoms with Gasteiger partial charge in [0.15, 0.2) is 0 Å². The molecule has 0 bridgehead atoms. The summed E-state index contributed by atoms with van der Waals surface area (Å²) in [6.45, 7) is 3.53. The van der Waals surface area contributed by atoms with Crippen molar-refractivity contribution < 1.29 is 14.3 Å². The van der Waals surface area contributed by atoms with Crippen molar-refractivity contribution in [1.82, 2.24) is 20.2 Å². The predicted molar refractivity (Wildman–Crippen MR) is 94.4 cm³/mol. The summed E-state index contributed by atoms with van der Waals surface area (Å²) in [6.07, 6.45) is 4.54. The zero-order chi connectivity index (χ0) is 17.8. The fraction of sp³-hybridized carbons (Fsp3) is 0.444. The van der Waals surface area contributed by atoms with Crippen molar-refractivity contribution in [3.05, 3.63) is 42.0 Å². The minimum Gasteiger partial charge on any atom is -0.495 e. The molecule has 134 valence electrons. The predicted octanol–water partition coefficient (Wildman–Crippen LogP) is 1.30. The van der Waals surface area contributed by atoms with Gasteiger partial charge in [0.25, 0.3) is 5.91 Å². The largest absolute Gasteiger partial charge is 0.495 e. The second kappa shape index (κ2) is 7.67. The Morgan fingerprint density at radius 2 is 2.24 bits per heavy atom. The van der Waals surface area contributed by atoms with Gasteiger partial charge in [-0.05, 0) is 38.1 Å². The molecule has 7 heteroatoms. The maximum Gasteiger partial charge on any atom is 0.251 e. The zero-order valence-electron chi connectivity index (χ0n) is 14.8. The Balaban J connectivity index is 1.79. The standard InChI is InChI=1S/C18H24N4O3/c1-12-10-22(11-20-12)15-5-4-13(8-17(15)25-3)18(23)21-14-9-19-7-6-16(14)24-2/h4-5,8,10-11,14,16,19H,6-7,9H2,1-3H3,(H,21,23). The van der Waals surface area contributed by atoms with Gasteiger partial charge in [-0.2, -0.15) is 0 Å². The first-order valence-corrected chi connectivity index (χ1v) is 8.35. The second-order valence-corrected chi connectivity index (χ2v) is 6.16. The van der Waals surface area contributed by atoms with Gasteiger partial charge in [0, 0.05) is 25.4 Å². The molecule has 1 fully saturated rings. The summed E-state index contributed by atoms with van der Waals surface area (Å²) in [7, 11) is 3.27. The van der Waals surface area contributed by atoms with Crippen molar-refractivity contribution in [2.24, 2.45) is 0 Å². The van der Waals surface area contributed by atoms with Crippen LogP contribution in [0.15, 0.2) is 30.7 Å². The van der Waals surface area contributed by atoms with Crippen LogP contribution in [0.25, 0.3) is 5.69 Å². The smallest absolute Gasteiger partial charge is 0.251 e. The molecular formula is C18H24N4O3. The molecule has 1 aromatic heterocycles. The third kappa shape index (κ3) is 3.83. The molecule has 7 nitrogen and oxygen atoms in total. The van der Waals surface area contributed by atoms with Gasteiger partial charge in [0.2, 0.25) is 0 Å². The van der Waals surface area contributed by atoms with Crippen LogP contribution in [-0.2, 0) is 4.74 Å². The fourth-order valence-electron chi connectivity index (χ4n) is 3.10. The van der Waals surface area contributed by atoms with E-state index in [1.807, 2.05) is 23.8 Å². The number of benzene rings is 1. The number of imidazole rings is 1. The Morgan fingerprint density at radius 3 is 2.92 bits per heavy atom. The van der Waals surface area contributed by atoms with E-state index in [1.54, 1.807) is 32.7 Å². The van der Waals surface area contributed by atoms with E-state index in [-0.39, 0.29) is 18.1 Å². The summed E-state index contributed by atoms with van der Waals surface area (Å²) >= 11 is 0. The number of aromatic nitrogens is 2. The minimum absolute atomic E-state index is 0.0280.